The average molecular weight is 298 g/mol. The van der Waals surface area contributed by atoms with Crippen LogP contribution in [0.1, 0.15) is 26.3 Å². The van der Waals surface area contributed by atoms with Crippen LogP contribution in [0.25, 0.3) is 16.3 Å². The number of carbonyl (C=O) groups is 1. The highest BCUT2D eigenvalue weighted by Crippen LogP contribution is 2.37. The summed E-state index contributed by atoms with van der Waals surface area (Å²) in [7, 11) is 3.08. The van der Waals surface area contributed by atoms with Gasteiger partial charge in [0.2, 0.25) is 0 Å². The maximum Gasteiger partial charge on any atom is 0.315 e. The Morgan fingerprint density at radius 3 is 2.27 bits per heavy atom. The van der Waals surface area contributed by atoms with Crippen molar-refractivity contribution in [1.29, 1.82) is 0 Å². The van der Waals surface area contributed by atoms with Crippen molar-refractivity contribution in [3.63, 3.8) is 0 Å². The molecule has 0 radical (unpaired) electrons. The van der Waals surface area contributed by atoms with Gasteiger partial charge in [0.05, 0.1) is 19.6 Å². The summed E-state index contributed by atoms with van der Waals surface area (Å²) in [5.74, 6) is 0.594. The molecule has 0 unspecified atom stereocenters. The predicted octanol–water partition coefficient (Wildman–Crippen LogP) is 4.45. The van der Waals surface area contributed by atoms with Crippen molar-refractivity contribution in [2.45, 2.75) is 20.8 Å². The Kier molecular flexibility index (Phi) is 4.55. The van der Waals surface area contributed by atoms with E-state index in [2.05, 4.69) is 6.07 Å². The number of ether oxygens (including phenoxy) is 2. The molecule has 0 aliphatic carbocycles. The minimum atomic E-state index is -0.691. The van der Waals surface area contributed by atoms with E-state index in [1.54, 1.807) is 7.11 Å². The molecule has 0 saturated carbocycles. The van der Waals surface area contributed by atoms with E-state index in [1.807, 2.05) is 57.2 Å². The Bertz CT molecular complexity index is 727. The van der Waals surface area contributed by atoms with Crippen molar-refractivity contribution >= 4 is 22.3 Å². The SMILES string of the molecule is C/C=C(/c1ccc2cc(OC)ccc2c1)C(C)(C)C(=O)OC. The third kappa shape index (κ3) is 2.84. The van der Waals surface area contributed by atoms with Crippen LogP contribution in [0, 0.1) is 5.41 Å². The summed E-state index contributed by atoms with van der Waals surface area (Å²) >= 11 is 0. The smallest absolute Gasteiger partial charge is 0.315 e. The standard InChI is InChI=1S/C19H22O3/c1-6-17(19(2,3)18(20)22-5)15-8-7-14-12-16(21-4)10-9-13(14)11-15/h6-12H,1-5H3/b17-6-. The van der Waals surface area contributed by atoms with Crippen molar-refractivity contribution in [2.75, 3.05) is 14.2 Å². The summed E-state index contributed by atoms with van der Waals surface area (Å²) in [4.78, 5) is 12.1. The van der Waals surface area contributed by atoms with E-state index >= 15 is 0 Å². The molecule has 3 heteroatoms. The Hall–Kier alpha value is -2.29. The summed E-state index contributed by atoms with van der Waals surface area (Å²) in [6.07, 6.45) is 1.97. The molecule has 0 atom stereocenters. The van der Waals surface area contributed by atoms with Crippen LogP contribution in [0.5, 0.6) is 5.75 Å². The van der Waals surface area contributed by atoms with Gasteiger partial charge in [0, 0.05) is 0 Å². The van der Waals surface area contributed by atoms with Crippen LogP contribution in [0.2, 0.25) is 0 Å². The van der Waals surface area contributed by atoms with Crippen molar-refractivity contribution in [3.05, 3.63) is 48.0 Å². The van der Waals surface area contributed by atoms with Gasteiger partial charge in [0.25, 0.3) is 0 Å². The summed E-state index contributed by atoms with van der Waals surface area (Å²) in [6, 6.07) is 12.1. The number of benzene rings is 2. The number of methoxy groups -OCH3 is 2. The Labute approximate surface area is 131 Å². The first kappa shape index (κ1) is 16.1. The fraction of sp³-hybridized carbons (Fsp3) is 0.316. The number of carbonyl (C=O) groups excluding carboxylic acids is 1. The number of esters is 1. The summed E-state index contributed by atoms with van der Waals surface area (Å²) in [5, 5.41) is 2.22. The van der Waals surface area contributed by atoms with Crippen LogP contribution in [0.4, 0.5) is 0 Å². The molecule has 0 heterocycles. The third-order valence-corrected chi connectivity index (χ3v) is 4.02. The molecule has 2 aromatic carbocycles. The average Bonchev–Trinajstić information content (AvgIpc) is 2.53. The zero-order chi connectivity index (χ0) is 16.3. The minimum absolute atomic E-state index is 0.240. The van der Waals surface area contributed by atoms with E-state index < -0.39 is 5.41 Å². The van der Waals surface area contributed by atoms with Gasteiger partial charge in [-0.3, -0.25) is 4.79 Å². The van der Waals surface area contributed by atoms with E-state index in [4.69, 9.17) is 9.47 Å². The normalized spacial score (nSPS) is 12.3. The van der Waals surface area contributed by atoms with E-state index in [0.29, 0.717) is 0 Å². The fourth-order valence-corrected chi connectivity index (χ4v) is 2.77. The van der Waals surface area contributed by atoms with Gasteiger partial charge in [0.1, 0.15) is 5.75 Å². The van der Waals surface area contributed by atoms with Crippen LogP contribution < -0.4 is 4.74 Å². The molecule has 0 amide bonds. The quantitative estimate of drug-likeness (QED) is 0.782. The van der Waals surface area contributed by atoms with Crippen molar-refractivity contribution in [2.24, 2.45) is 5.41 Å². The first-order chi connectivity index (χ1) is 10.4. The second kappa shape index (κ2) is 6.22. The molecule has 0 N–H and O–H groups in total. The molecule has 0 aliphatic rings. The second-order valence-corrected chi connectivity index (χ2v) is 5.75. The largest absolute Gasteiger partial charge is 0.497 e. The van der Waals surface area contributed by atoms with E-state index in [9.17, 15) is 4.79 Å². The highest BCUT2D eigenvalue weighted by molar-refractivity contribution is 5.95. The Morgan fingerprint density at radius 1 is 1.05 bits per heavy atom. The van der Waals surface area contributed by atoms with Gasteiger partial charge >= 0.3 is 5.97 Å². The van der Waals surface area contributed by atoms with Crippen molar-refractivity contribution in [1.82, 2.24) is 0 Å². The minimum Gasteiger partial charge on any atom is -0.497 e. The lowest BCUT2D eigenvalue weighted by molar-refractivity contribution is -0.147. The molecule has 0 fully saturated rings. The summed E-state index contributed by atoms with van der Waals surface area (Å²) in [5.41, 5.74) is 1.29. The molecule has 0 spiro atoms. The first-order valence-corrected chi connectivity index (χ1v) is 7.27. The van der Waals surface area contributed by atoms with Gasteiger partial charge in [-0.25, -0.2) is 0 Å². The van der Waals surface area contributed by atoms with Crippen LogP contribution in [-0.4, -0.2) is 20.2 Å². The van der Waals surface area contributed by atoms with Crippen LogP contribution in [-0.2, 0) is 9.53 Å². The topological polar surface area (TPSA) is 35.5 Å². The third-order valence-electron chi connectivity index (χ3n) is 4.02. The molecule has 0 aromatic heterocycles. The number of fused-ring (bicyclic) bond motifs is 1. The van der Waals surface area contributed by atoms with Gasteiger partial charge in [-0.2, -0.15) is 0 Å². The highest BCUT2D eigenvalue weighted by atomic mass is 16.5. The fourth-order valence-electron chi connectivity index (χ4n) is 2.77. The van der Waals surface area contributed by atoms with Crippen LogP contribution in [0.15, 0.2) is 42.5 Å². The van der Waals surface area contributed by atoms with E-state index in [-0.39, 0.29) is 5.97 Å². The number of hydrogen-bond donors (Lipinski definition) is 0. The number of allylic oxidation sites excluding steroid dienone is 1. The van der Waals surface area contributed by atoms with Gasteiger partial charge < -0.3 is 9.47 Å². The van der Waals surface area contributed by atoms with Gasteiger partial charge in [-0.15, -0.1) is 0 Å². The van der Waals surface area contributed by atoms with Gasteiger partial charge in [0.15, 0.2) is 0 Å². The van der Waals surface area contributed by atoms with E-state index in [0.717, 1.165) is 27.7 Å². The summed E-state index contributed by atoms with van der Waals surface area (Å²) < 4.78 is 10.2. The second-order valence-electron chi connectivity index (χ2n) is 5.75. The van der Waals surface area contributed by atoms with E-state index in [1.165, 1.54) is 7.11 Å². The Morgan fingerprint density at radius 2 is 1.68 bits per heavy atom. The van der Waals surface area contributed by atoms with Gasteiger partial charge in [-0.05, 0) is 60.9 Å². The van der Waals surface area contributed by atoms with Crippen LogP contribution in [0.3, 0.4) is 0 Å². The van der Waals surface area contributed by atoms with Gasteiger partial charge in [-0.1, -0.05) is 24.3 Å². The summed E-state index contributed by atoms with van der Waals surface area (Å²) in [6.45, 7) is 5.71. The van der Waals surface area contributed by atoms with Crippen molar-refractivity contribution < 1.29 is 14.3 Å². The lowest BCUT2D eigenvalue weighted by Gasteiger charge is -2.25. The van der Waals surface area contributed by atoms with Crippen LogP contribution >= 0.6 is 0 Å². The molecule has 0 bridgehead atoms. The first-order valence-electron chi connectivity index (χ1n) is 7.27. The lowest BCUT2D eigenvalue weighted by atomic mass is 9.79. The monoisotopic (exact) mass is 298 g/mol. The number of hydrogen-bond acceptors (Lipinski definition) is 3. The predicted molar refractivity (Wildman–Crippen MR) is 89.9 cm³/mol. The Balaban J connectivity index is 2.51. The molecule has 2 rings (SSSR count). The molecular formula is C19H22O3. The maximum absolute atomic E-state index is 12.1. The zero-order valence-corrected chi connectivity index (χ0v) is 13.8. The zero-order valence-electron chi connectivity index (χ0n) is 13.8. The highest BCUT2D eigenvalue weighted by Gasteiger charge is 2.33. The molecule has 22 heavy (non-hydrogen) atoms. The molecule has 0 aliphatic heterocycles. The maximum atomic E-state index is 12.1. The molecule has 116 valence electrons. The van der Waals surface area contributed by atoms with Crippen molar-refractivity contribution in [3.8, 4) is 5.75 Å². The molecule has 3 nitrogen and oxygen atoms in total. The molecular weight excluding hydrogens is 276 g/mol. The lowest BCUT2D eigenvalue weighted by Crippen LogP contribution is -2.27. The molecule has 0 saturated heterocycles. The number of rotatable bonds is 4. The molecule has 2 aromatic rings.